The van der Waals surface area contributed by atoms with Gasteiger partial charge >= 0.3 is 11.9 Å². The van der Waals surface area contributed by atoms with Gasteiger partial charge in [0.15, 0.2) is 6.10 Å². The summed E-state index contributed by atoms with van der Waals surface area (Å²) < 4.78 is 5.82. The molecule has 19 heavy (non-hydrogen) atoms. The van der Waals surface area contributed by atoms with Crippen molar-refractivity contribution in [3.63, 3.8) is 0 Å². The molecule has 0 saturated carbocycles. The van der Waals surface area contributed by atoms with Gasteiger partial charge in [0.2, 0.25) is 0 Å². The van der Waals surface area contributed by atoms with Crippen LogP contribution in [0.25, 0.3) is 0 Å². The molecule has 0 aliphatic rings. The van der Waals surface area contributed by atoms with Gasteiger partial charge in [-0.2, -0.15) is 0 Å². The van der Waals surface area contributed by atoms with Crippen molar-refractivity contribution < 1.29 is 23.9 Å². The fourth-order valence-electron chi connectivity index (χ4n) is 1.74. The van der Waals surface area contributed by atoms with E-state index >= 15 is 0 Å². The quantitative estimate of drug-likeness (QED) is 0.624. The van der Waals surface area contributed by atoms with Crippen molar-refractivity contribution in [1.82, 2.24) is 0 Å². The Kier molecular flexibility index (Phi) is 5.06. The Morgan fingerprint density at radius 1 is 1.21 bits per heavy atom. The number of carboxylic acid groups (broad SMARTS) is 1. The second-order valence-electron chi connectivity index (χ2n) is 5.46. The lowest BCUT2D eigenvalue weighted by atomic mass is 10.2. The molecule has 5 nitrogen and oxygen atoms in total. The van der Waals surface area contributed by atoms with E-state index in [9.17, 15) is 9.59 Å². The van der Waals surface area contributed by atoms with Gasteiger partial charge in [0.05, 0.1) is 33.1 Å². The Bertz CT molecular complexity index is 437. The number of benzene rings is 1. The maximum atomic E-state index is 11.9. The minimum absolute atomic E-state index is 0.186. The van der Waals surface area contributed by atoms with Gasteiger partial charge in [-0.1, -0.05) is 18.2 Å². The summed E-state index contributed by atoms with van der Waals surface area (Å²) in [5, 5.41) is 8.87. The number of aliphatic carboxylic acids is 1. The first-order valence-corrected chi connectivity index (χ1v) is 6.06. The van der Waals surface area contributed by atoms with Crippen molar-refractivity contribution in [3.8, 4) is 0 Å². The minimum atomic E-state index is -0.973. The molecule has 1 N–H and O–H groups in total. The number of esters is 1. The highest BCUT2D eigenvalue weighted by Gasteiger charge is 2.25. The fourth-order valence-corrected chi connectivity index (χ4v) is 1.74. The highest BCUT2D eigenvalue weighted by atomic mass is 16.5. The van der Waals surface area contributed by atoms with Crippen LogP contribution in [0, 0.1) is 0 Å². The number of likely N-dealkylation sites (N-methyl/N-ethyl adjacent to an activating group) is 1. The van der Waals surface area contributed by atoms with Crippen LogP contribution in [0.5, 0.6) is 0 Å². The molecule has 0 amide bonds. The number of ether oxygens (including phenoxy) is 1. The SMILES string of the molecule is C[N+](C)(C)C[C@@H](CC(=O)O)OC(=O)c1ccccc1. The molecular weight excluding hydrogens is 246 g/mol. The monoisotopic (exact) mass is 266 g/mol. The lowest BCUT2D eigenvalue weighted by Crippen LogP contribution is -2.43. The second kappa shape index (κ2) is 6.33. The first kappa shape index (κ1) is 15.2. The Morgan fingerprint density at radius 2 is 1.79 bits per heavy atom. The molecule has 0 fully saturated rings. The highest BCUT2D eigenvalue weighted by molar-refractivity contribution is 5.89. The number of carbonyl (C=O) groups excluding carboxylic acids is 1. The average molecular weight is 266 g/mol. The summed E-state index contributed by atoms with van der Waals surface area (Å²) in [6.07, 6.45) is -0.820. The molecule has 0 spiro atoms. The standard InChI is InChI=1S/C14H19NO4/c1-15(2,3)10-12(9-13(16)17)19-14(18)11-7-5-4-6-8-11/h4-8,12H,9-10H2,1-3H3/p+1/t12-/m1/s1. The number of carbonyl (C=O) groups is 2. The van der Waals surface area contributed by atoms with E-state index in [1.54, 1.807) is 30.3 Å². The highest BCUT2D eigenvalue weighted by Crippen LogP contribution is 2.09. The van der Waals surface area contributed by atoms with Gasteiger partial charge < -0.3 is 14.3 Å². The Labute approximate surface area is 113 Å². The molecular formula is C14H20NO4+. The largest absolute Gasteiger partial charge is 0.481 e. The van der Waals surface area contributed by atoms with Crippen LogP contribution in [0.15, 0.2) is 30.3 Å². The van der Waals surface area contributed by atoms with E-state index in [0.29, 0.717) is 16.6 Å². The molecule has 1 aromatic rings. The summed E-state index contributed by atoms with van der Waals surface area (Å²) in [5.41, 5.74) is 0.430. The van der Waals surface area contributed by atoms with Crippen LogP contribution in [0.3, 0.4) is 0 Å². The van der Waals surface area contributed by atoms with Gasteiger partial charge in [-0.3, -0.25) is 4.79 Å². The van der Waals surface area contributed by atoms with E-state index in [4.69, 9.17) is 9.84 Å². The lowest BCUT2D eigenvalue weighted by Gasteiger charge is -2.28. The van der Waals surface area contributed by atoms with Crippen LogP contribution in [0.2, 0.25) is 0 Å². The van der Waals surface area contributed by atoms with Gasteiger partial charge in [-0.05, 0) is 12.1 Å². The average Bonchev–Trinajstić information content (AvgIpc) is 2.26. The molecule has 0 aliphatic carbocycles. The fraction of sp³-hybridized carbons (Fsp3) is 0.429. The zero-order valence-corrected chi connectivity index (χ0v) is 11.5. The Morgan fingerprint density at radius 3 is 2.26 bits per heavy atom. The Hall–Kier alpha value is -1.88. The molecule has 1 aromatic carbocycles. The first-order chi connectivity index (χ1) is 8.78. The normalized spacial score (nSPS) is 12.8. The second-order valence-corrected chi connectivity index (χ2v) is 5.46. The van der Waals surface area contributed by atoms with Gasteiger partial charge in [0.25, 0.3) is 0 Å². The van der Waals surface area contributed by atoms with E-state index in [2.05, 4.69) is 0 Å². The third-order valence-electron chi connectivity index (χ3n) is 2.44. The van der Waals surface area contributed by atoms with Gasteiger partial charge in [-0.25, -0.2) is 4.79 Å². The lowest BCUT2D eigenvalue weighted by molar-refractivity contribution is -0.873. The molecule has 0 aliphatic heterocycles. The smallest absolute Gasteiger partial charge is 0.338 e. The number of hydrogen-bond acceptors (Lipinski definition) is 3. The predicted molar refractivity (Wildman–Crippen MR) is 70.8 cm³/mol. The molecule has 5 heteroatoms. The summed E-state index contributed by atoms with van der Waals surface area (Å²) in [4.78, 5) is 22.7. The molecule has 0 heterocycles. The minimum Gasteiger partial charge on any atom is -0.481 e. The molecule has 0 aromatic heterocycles. The molecule has 0 saturated heterocycles. The van der Waals surface area contributed by atoms with E-state index in [1.807, 2.05) is 21.1 Å². The zero-order valence-electron chi connectivity index (χ0n) is 11.5. The number of rotatable bonds is 6. The Balaban J connectivity index is 2.72. The number of carboxylic acids is 1. The van der Waals surface area contributed by atoms with Crippen molar-refractivity contribution >= 4 is 11.9 Å². The van der Waals surface area contributed by atoms with Crippen LogP contribution in [-0.2, 0) is 9.53 Å². The molecule has 1 rings (SSSR count). The van der Waals surface area contributed by atoms with Crippen molar-refractivity contribution in [2.24, 2.45) is 0 Å². The summed E-state index contributed by atoms with van der Waals surface area (Å²) in [6.45, 7) is 0.449. The van der Waals surface area contributed by atoms with E-state index in [1.165, 1.54) is 0 Å². The third kappa shape index (κ3) is 6.01. The molecule has 0 unspecified atom stereocenters. The zero-order chi connectivity index (χ0) is 14.5. The third-order valence-corrected chi connectivity index (χ3v) is 2.44. The summed E-state index contributed by atoms with van der Waals surface area (Å²) in [5.74, 6) is -1.46. The van der Waals surface area contributed by atoms with Crippen molar-refractivity contribution in [2.75, 3.05) is 27.7 Å². The predicted octanol–water partition coefficient (Wildman–Crippen LogP) is 1.39. The molecule has 1 atom stereocenters. The first-order valence-electron chi connectivity index (χ1n) is 6.06. The summed E-state index contributed by atoms with van der Waals surface area (Å²) in [7, 11) is 5.77. The van der Waals surface area contributed by atoms with Gasteiger partial charge in [0.1, 0.15) is 6.54 Å². The van der Waals surface area contributed by atoms with E-state index in [0.717, 1.165) is 0 Å². The van der Waals surface area contributed by atoms with Crippen LogP contribution in [0.4, 0.5) is 0 Å². The van der Waals surface area contributed by atoms with Crippen LogP contribution in [-0.4, -0.2) is 55.3 Å². The van der Waals surface area contributed by atoms with Crippen molar-refractivity contribution in [3.05, 3.63) is 35.9 Å². The maximum absolute atomic E-state index is 11.9. The number of quaternary nitrogens is 1. The molecule has 0 bridgehead atoms. The number of nitrogens with zero attached hydrogens (tertiary/aromatic N) is 1. The molecule has 0 radical (unpaired) electrons. The van der Waals surface area contributed by atoms with E-state index < -0.39 is 18.0 Å². The van der Waals surface area contributed by atoms with Gasteiger partial charge in [-0.15, -0.1) is 0 Å². The van der Waals surface area contributed by atoms with Crippen LogP contribution in [0.1, 0.15) is 16.8 Å². The number of hydrogen-bond donors (Lipinski definition) is 1. The van der Waals surface area contributed by atoms with E-state index in [-0.39, 0.29) is 6.42 Å². The van der Waals surface area contributed by atoms with Gasteiger partial charge in [0, 0.05) is 0 Å². The van der Waals surface area contributed by atoms with Crippen molar-refractivity contribution in [2.45, 2.75) is 12.5 Å². The summed E-state index contributed by atoms with van der Waals surface area (Å²) >= 11 is 0. The molecule has 104 valence electrons. The van der Waals surface area contributed by atoms with Crippen LogP contribution < -0.4 is 0 Å². The topological polar surface area (TPSA) is 63.6 Å². The van der Waals surface area contributed by atoms with Crippen LogP contribution >= 0.6 is 0 Å². The van der Waals surface area contributed by atoms with Crippen molar-refractivity contribution in [1.29, 1.82) is 0 Å². The summed E-state index contributed by atoms with van der Waals surface area (Å²) in [6, 6.07) is 8.57. The maximum Gasteiger partial charge on any atom is 0.338 e.